The van der Waals surface area contributed by atoms with Crippen LogP contribution in [0.4, 0.5) is 0 Å². The highest BCUT2D eigenvalue weighted by Gasteiger charge is 2.24. The van der Waals surface area contributed by atoms with Gasteiger partial charge in [-0.3, -0.25) is 4.90 Å². The lowest BCUT2D eigenvalue weighted by Gasteiger charge is -2.39. The Balaban J connectivity index is 1.75. The van der Waals surface area contributed by atoms with Gasteiger partial charge in [-0.1, -0.05) is 18.0 Å². The minimum atomic E-state index is 0.715. The average Bonchev–Trinajstić information content (AvgIpc) is 2.81. The van der Waals surface area contributed by atoms with Crippen LogP contribution < -0.4 is 0 Å². The average molecular weight is 291 g/mol. The smallest absolute Gasteiger partial charge is 0.0457 e. The molecule has 1 N–H and O–H groups in total. The van der Waals surface area contributed by atoms with Gasteiger partial charge in [-0.05, 0) is 56.9 Å². The Morgan fingerprint density at radius 2 is 2.00 bits per heavy atom. The van der Waals surface area contributed by atoms with E-state index < -0.39 is 0 Å². The Bertz CT molecular complexity index is 580. The largest absolute Gasteiger partial charge is 0.361 e. The fourth-order valence-electron chi connectivity index (χ4n) is 3.52. The van der Waals surface area contributed by atoms with Crippen LogP contribution in [0.2, 0.25) is 5.02 Å². The molecule has 2 unspecified atom stereocenters. The van der Waals surface area contributed by atoms with Crippen LogP contribution in [-0.4, -0.2) is 28.5 Å². The van der Waals surface area contributed by atoms with Gasteiger partial charge in [0.1, 0.15) is 0 Å². The summed E-state index contributed by atoms with van der Waals surface area (Å²) in [5.41, 5.74) is 2.57. The Hall–Kier alpha value is -0.990. The third-order valence-electron chi connectivity index (χ3n) is 4.74. The molecule has 1 aromatic heterocycles. The van der Waals surface area contributed by atoms with Crippen LogP contribution in [0.1, 0.15) is 38.7 Å². The maximum absolute atomic E-state index is 6.12. The zero-order valence-electron chi connectivity index (χ0n) is 12.3. The molecule has 2 heterocycles. The molecule has 2 nitrogen and oxygen atoms in total. The zero-order valence-corrected chi connectivity index (χ0v) is 13.1. The fourth-order valence-corrected chi connectivity index (χ4v) is 3.69. The molecule has 20 heavy (non-hydrogen) atoms. The molecule has 2 aromatic rings. The van der Waals surface area contributed by atoms with Gasteiger partial charge in [0.2, 0.25) is 0 Å². The van der Waals surface area contributed by atoms with Gasteiger partial charge in [0.15, 0.2) is 0 Å². The first-order chi connectivity index (χ1) is 9.65. The molecule has 108 valence electrons. The molecule has 1 aromatic carbocycles. The van der Waals surface area contributed by atoms with Crippen molar-refractivity contribution >= 4 is 22.5 Å². The molecular formula is C17H23ClN2. The molecule has 0 radical (unpaired) electrons. The minimum Gasteiger partial charge on any atom is -0.361 e. The lowest BCUT2D eigenvalue weighted by atomic mass is 9.97. The number of benzene rings is 1. The third-order valence-corrected chi connectivity index (χ3v) is 4.98. The van der Waals surface area contributed by atoms with Crippen molar-refractivity contribution in [2.24, 2.45) is 0 Å². The molecule has 3 heteroatoms. The van der Waals surface area contributed by atoms with E-state index in [2.05, 4.69) is 42.1 Å². The maximum Gasteiger partial charge on any atom is 0.0457 e. The Labute approximate surface area is 126 Å². The number of halogens is 1. The lowest BCUT2D eigenvalue weighted by Crippen LogP contribution is -2.44. The van der Waals surface area contributed by atoms with Crippen molar-refractivity contribution in [2.75, 3.05) is 6.54 Å². The van der Waals surface area contributed by atoms with E-state index in [0.717, 1.165) is 18.0 Å². The SMILES string of the molecule is CC1CCCC(C)N1CCc1c[nH]c2ccc(Cl)cc12. The van der Waals surface area contributed by atoms with Gasteiger partial charge in [-0.25, -0.2) is 0 Å². The second-order valence-electron chi connectivity index (χ2n) is 6.12. The predicted octanol–water partition coefficient (Wildman–Crippen LogP) is 4.63. The van der Waals surface area contributed by atoms with Crippen molar-refractivity contribution in [1.29, 1.82) is 0 Å². The summed E-state index contributed by atoms with van der Waals surface area (Å²) in [5, 5.41) is 2.09. The number of nitrogens with zero attached hydrogens (tertiary/aromatic N) is 1. The van der Waals surface area contributed by atoms with E-state index in [4.69, 9.17) is 11.6 Å². The number of H-pyrrole nitrogens is 1. The van der Waals surface area contributed by atoms with E-state index in [1.165, 1.54) is 35.7 Å². The first kappa shape index (κ1) is 14.0. The van der Waals surface area contributed by atoms with Crippen molar-refractivity contribution in [3.63, 3.8) is 0 Å². The summed E-state index contributed by atoms with van der Waals surface area (Å²) in [6.07, 6.45) is 7.28. The van der Waals surface area contributed by atoms with E-state index in [1.807, 2.05) is 6.07 Å². The molecule has 0 amide bonds. The van der Waals surface area contributed by atoms with Gasteiger partial charge >= 0.3 is 0 Å². The first-order valence-corrected chi connectivity index (χ1v) is 8.04. The summed E-state index contributed by atoms with van der Waals surface area (Å²) < 4.78 is 0. The Morgan fingerprint density at radius 3 is 2.75 bits per heavy atom. The number of likely N-dealkylation sites (tertiary alicyclic amines) is 1. The Morgan fingerprint density at radius 1 is 1.25 bits per heavy atom. The van der Waals surface area contributed by atoms with Crippen molar-refractivity contribution in [3.05, 3.63) is 35.0 Å². The van der Waals surface area contributed by atoms with E-state index in [9.17, 15) is 0 Å². The second kappa shape index (κ2) is 5.79. The number of piperidine rings is 1. The number of hydrogen-bond acceptors (Lipinski definition) is 1. The van der Waals surface area contributed by atoms with Crippen LogP contribution in [0.15, 0.2) is 24.4 Å². The quantitative estimate of drug-likeness (QED) is 0.873. The van der Waals surface area contributed by atoms with Crippen LogP contribution in [0.3, 0.4) is 0 Å². The number of nitrogens with one attached hydrogen (secondary N) is 1. The van der Waals surface area contributed by atoms with Crippen molar-refractivity contribution in [1.82, 2.24) is 9.88 Å². The monoisotopic (exact) mass is 290 g/mol. The molecule has 0 saturated carbocycles. The van der Waals surface area contributed by atoms with E-state index in [0.29, 0.717) is 12.1 Å². The summed E-state index contributed by atoms with van der Waals surface area (Å²) in [6, 6.07) is 7.51. The number of hydrogen-bond donors (Lipinski definition) is 1. The van der Waals surface area contributed by atoms with Gasteiger partial charge in [0.05, 0.1) is 0 Å². The second-order valence-corrected chi connectivity index (χ2v) is 6.56. The van der Waals surface area contributed by atoms with Crippen LogP contribution in [0, 0.1) is 0 Å². The molecule has 0 aliphatic carbocycles. The normalized spacial score (nSPS) is 24.4. The summed E-state index contributed by atoms with van der Waals surface area (Å²) in [7, 11) is 0. The fraction of sp³-hybridized carbons (Fsp3) is 0.529. The minimum absolute atomic E-state index is 0.715. The van der Waals surface area contributed by atoms with E-state index in [-0.39, 0.29) is 0 Å². The lowest BCUT2D eigenvalue weighted by molar-refractivity contribution is 0.105. The van der Waals surface area contributed by atoms with Crippen molar-refractivity contribution in [3.8, 4) is 0 Å². The zero-order chi connectivity index (χ0) is 14.1. The third kappa shape index (κ3) is 2.72. The topological polar surface area (TPSA) is 19.0 Å². The number of aromatic amines is 1. The maximum atomic E-state index is 6.12. The van der Waals surface area contributed by atoms with Gasteiger partial charge in [-0.15, -0.1) is 0 Å². The van der Waals surface area contributed by atoms with E-state index in [1.54, 1.807) is 0 Å². The molecule has 1 aliphatic heterocycles. The summed E-state index contributed by atoms with van der Waals surface area (Å²) in [6.45, 7) is 5.87. The standard InChI is InChI=1S/C17H23ClN2/c1-12-4-3-5-13(2)20(12)9-8-14-11-19-17-7-6-15(18)10-16(14)17/h6-7,10-13,19H,3-5,8-9H2,1-2H3. The van der Waals surface area contributed by atoms with Crippen molar-refractivity contribution < 1.29 is 0 Å². The highest BCUT2D eigenvalue weighted by Crippen LogP contribution is 2.25. The molecule has 1 aliphatic rings. The van der Waals surface area contributed by atoms with Crippen molar-refractivity contribution in [2.45, 2.75) is 51.6 Å². The van der Waals surface area contributed by atoms with Crippen LogP contribution >= 0.6 is 11.6 Å². The number of aromatic nitrogens is 1. The van der Waals surface area contributed by atoms with Gasteiger partial charge in [-0.2, -0.15) is 0 Å². The van der Waals surface area contributed by atoms with Crippen LogP contribution in [0.25, 0.3) is 10.9 Å². The molecule has 1 fully saturated rings. The summed E-state index contributed by atoms with van der Waals surface area (Å²) >= 11 is 6.12. The molecular weight excluding hydrogens is 268 g/mol. The van der Waals surface area contributed by atoms with Crippen LogP contribution in [0.5, 0.6) is 0 Å². The molecule has 0 bridgehead atoms. The molecule has 3 rings (SSSR count). The summed E-state index contributed by atoms with van der Waals surface area (Å²) in [5.74, 6) is 0. The van der Waals surface area contributed by atoms with Gasteiger partial charge in [0.25, 0.3) is 0 Å². The highest BCUT2D eigenvalue weighted by atomic mass is 35.5. The highest BCUT2D eigenvalue weighted by molar-refractivity contribution is 6.31. The van der Waals surface area contributed by atoms with Crippen LogP contribution in [-0.2, 0) is 6.42 Å². The number of rotatable bonds is 3. The summed E-state index contributed by atoms with van der Waals surface area (Å²) in [4.78, 5) is 6.01. The molecule has 2 atom stereocenters. The Kier molecular flexibility index (Phi) is 4.04. The van der Waals surface area contributed by atoms with E-state index >= 15 is 0 Å². The molecule has 0 spiro atoms. The van der Waals surface area contributed by atoms with Gasteiger partial charge < -0.3 is 4.98 Å². The predicted molar refractivity (Wildman–Crippen MR) is 86.5 cm³/mol. The first-order valence-electron chi connectivity index (χ1n) is 7.66. The molecule has 1 saturated heterocycles. The van der Waals surface area contributed by atoms with Gasteiger partial charge in [0, 0.05) is 40.8 Å². The number of fused-ring (bicyclic) bond motifs is 1.